The van der Waals surface area contributed by atoms with E-state index in [9.17, 15) is 9.59 Å². The van der Waals surface area contributed by atoms with Crippen LogP contribution in [0, 0.1) is 16.7 Å². The first-order valence-corrected chi connectivity index (χ1v) is 12.1. The van der Waals surface area contributed by atoms with Crippen molar-refractivity contribution in [2.24, 2.45) is 16.7 Å². The Morgan fingerprint density at radius 1 is 1.06 bits per heavy atom. The Morgan fingerprint density at radius 3 is 2.41 bits per heavy atom. The van der Waals surface area contributed by atoms with Gasteiger partial charge in [-0.2, -0.15) is 0 Å². The van der Waals surface area contributed by atoms with Gasteiger partial charge in [0, 0.05) is 12.3 Å². The number of carbonyl (C=O) groups excluding carboxylic acids is 2. The Kier molecular flexibility index (Phi) is 5.51. The van der Waals surface area contributed by atoms with Gasteiger partial charge >= 0.3 is 11.9 Å². The van der Waals surface area contributed by atoms with Crippen molar-refractivity contribution in [3.63, 3.8) is 0 Å². The van der Waals surface area contributed by atoms with Crippen molar-refractivity contribution in [1.29, 1.82) is 0 Å². The molecule has 2 aliphatic carbocycles. The first-order valence-electron chi connectivity index (χ1n) is 12.1. The van der Waals surface area contributed by atoms with Crippen molar-refractivity contribution < 1.29 is 23.5 Å². The van der Waals surface area contributed by atoms with Gasteiger partial charge in [-0.25, -0.2) is 0 Å². The van der Waals surface area contributed by atoms with Gasteiger partial charge in [0.05, 0.1) is 35.9 Å². The van der Waals surface area contributed by atoms with Gasteiger partial charge in [0.15, 0.2) is 0 Å². The number of quaternary nitrogens is 1. The molecule has 5 heteroatoms. The summed E-state index contributed by atoms with van der Waals surface area (Å²) in [5.74, 6) is 0.898. The van der Waals surface area contributed by atoms with Crippen LogP contribution in [0.25, 0.3) is 0 Å². The molecule has 3 aliphatic rings. The van der Waals surface area contributed by atoms with E-state index in [1.165, 1.54) is 30.4 Å². The second-order valence-corrected chi connectivity index (χ2v) is 12.7. The van der Waals surface area contributed by atoms with Crippen LogP contribution in [-0.4, -0.2) is 42.8 Å². The maximum atomic E-state index is 12.5. The van der Waals surface area contributed by atoms with Crippen LogP contribution in [0.1, 0.15) is 78.4 Å². The number of nitrogens with zero attached hydrogens (tertiary/aromatic N) is 1. The van der Waals surface area contributed by atoms with Crippen molar-refractivity contribution in [2.75, 3.05) is 20.3 Å². The number of hydrogen-bond donors (Lipinski definition) is 0. The highest BCUT2D eigenvalue weighted by molar-refractivity contribution is 5.78. The average Bonchev–Trinajstić information content (AvgIpc) is 2.89. The fraction of sp³-hybridized carbons (Fsp3) is 0.704. The van der Waals surface area contributed by atoms with Gasteiger partial charge in [-0.15, -0.1) is 0 Å². The molecular weight excluding hydrogens is 402 g/mol. The zero-order valence-corrected chi connectivity index (χ0v) is 20.9. The standard InChI is InChI=1S/C27H40NO4/c1-25(2,3)23(29)31-17-28(7)16-27-13-9-8-10-20(27)22(28)14-18-11-12-19(15-21(18)27)32-24(30)26(4,5)6/h11-12,15,20,22H,8-10,13-14,16-17H2,1-7H3/q+1. The molecule has 0 radical (unpaired) electrons. The van der Waals surface area contributed by atoms with Crippen molar-refractivity contribution >= 4 is 11.9 Å². The average molecular weight is 443 g/mol. The van der Waals surface area contributed by atoms with Crippen molar-refractivity contribution in [1.82, 2.24) is 0 Å². The van der Waals surface area contributed by atoms with Crippen LogP contribution in [-0.2, 0) is 26.2 Å². The van der Waals surface area contributed by atoms with Crippen LogP contribution < -0.4 is 4.74 Å². The van der Waals surface area contributed by atoms with Gasteiger partial charge in [0.2, 0.25) is 6.73 Å². The lowest BCUT2D eigenvalue weighted by atomic mass is 9.58. The van der Waals surface area contributed by atoms with E-state index in [4.69, 9.17) is 9.47 Å². The van der Waals surface area contributed by atoms with Crippen LogP contribution in [0.15, 0.2) is 18.2 Å². The number of likely N-dealkylation sites (N-methyl/N-ethyl adjacent to an activating group) is 1. The van der Waals surface area contributed by atoms with Gasteiger partial charge in [0.25, 0.3) is 0 Å². The molecule has 0 aromatic heterocycles. The van der Waals surface area contributed by atoms with E-state index < -0.39 is 10.8 Å². The maximum Gasteiger partial charge on any atom is 0.316 e. The van der Waals surface area contributed by atoms with E-state index in [1.807, 2.05) is 47.6 Å². The van der Waals surface area contributed by atoms with Crippen molar-refractivity contribution in [3.8, 4) is 5.75 Å². The Morgan fingerprint density at radius 2 is 1.75 bits per heavy atom. The molecule has 2 fully saturated rings. The third kappa shape index (κ3) is 3.87. The molecule has 4 atom stereocenters. The summed E-state index contributed by atoms with van der Waals surface area (Å²) < 4.78 is 12.4. The summed E-state index contributed by atoms with van der Waals surface area (Å²) in [4.78, 5) is 25.0. The lowest BCUT2D eigenvalue weighted by Gasteiger charge is -2.43. The second kappa shape index (κ2) is 7.58. The Hall–Kier alpha value is -1.88. The lowest BCUT2D eigenvalue weighted by molar-refractivity contribution is -0.939. The van der Waals surface area contributed by atoms with Crippen molar-refractivity contribution in [2.45, 2.75) is 85.1 Å². The second-order valence-electron chi connectivity index (χ2n) is 12.7. The molecule has 176 valence electrons. The van der Waals surface area contributed by atoms with E-state index in [-0.39, 0.29) is 17.4 Å². The first-order chi connectivity index (χ1) is 14.8. The molecule has 0 amide bonds. The number of fused-ring (bicyclic) bond motifs is 1. The number of rotatable bonds is 3. The van der Waals surface area contributed by atoms with Gasteiger partial charge in [-0.1, -0.05) is 18.9 Å². The molecule has 1 aromatic rings. The fourth-order valence-electron chi connectivity index (χ4n) is 6.31. The predicted octanol–water partition coefficient (Wildman–Crippen LogP) is 5.00. The number of hydrogen-bond acceptors (Lipinski definition) is 4. The highest BCUT2D eigenvalue weighted by atomic mass is 16.6. The molecule has 0 spiro atoms. The van der Waals surface area contributed by atoms with E-state index in [1.54, 1.807) is 0 Å². The van der Waals surface area contributed by atoms with Crippen molar-refractivity contribution in [3.05, 3.63) is 29.3 Å². The molecule has 0 N–H and O–H groups in total. The highest BCUT2D eigenvalue weighted by Crippen LogP contribution is 2.58. The lowest BCUT2D eigenvalue weighted by Crippen LogP contribution is -2.52. The fourth-order valence-corrected chi connectivity index (χ4v) is 6.31. The quantitative estimate of drug-likeness (QED) is 0.376. The number of carbonyl (C=O) groups is 2. The van der Waals surface area contributed by atoms with E-state index in [2.05, 4.69) is 19.2 Å². The molecule has 1 aromatic carbocycles. The SMILES string of the molecule is CC(C)(C)C(=O)OC[N+]1(C)CC23CCCCC2C1Cc1ccc(OC(=O)C(C)(C)C)cc13. The highest BCUT2D eigenvalue weighted by Gasteiger charge is 2.64. The van der Waals surface area contributed by atoms with Gasteiger partial charge in [-0.05, 0) is 77.6 Å². The zero-order chi connectivity index (χ0) is 23.5. The third-order valence-electron chi connectivity index (χ3n) is 7.98. The molecule has 32 heavy (non-hydrogen) atoms. The minimum atomic E-state index is -0.535. The van der Waals surface area contributed by atoms with Crippen LogP contribution in [0.4, 0.5) is 0 Å². The monoisotopic (exact) mass is 442 g/mol. The molecule has 5 nitrogen and oxygen atoms in total. The Labute approximate surface area is 193 Å². The van der Waals surface area contributed by atoms with Crippen LogP contribution in [0.3, 0.4) is 0 Å². The maximum absolute atomic E-state index is 12.5. The normalized spacial score (nSPS) is 31.5. The molecule has 4 rings (SSSR count). The number of esters is 2. The third-order valence-corrected chi connectivity index (χ3v) is 7.98. The summed E-state index contributed by atoms with van der Waals surface area (Å²) in [5, 5.41) is 0. The summed E-state index contributed by atoms with van der Waals surface area (Å²) >= 11 is 0. The van der Waals surface area contributed by atoms with Gasteiger partial charge in [0.1, 0.15) is 5.75 Å². The molecule has 1 saturated carbocycles. The summed E-state index contributed by atoms with van der Waals surface area (Å²) in [6.45, 7) is 12.8. The van der Waals surface area contributed by atoms with Crippen LogP contribution in [0.5, 0.6) is 5.75 Å². The summed E-state index contributed by atoms with van der Waals surface area (Å²) in [5.41, 5.74) is 1.78. The van der Waals surface area contributed by atoms with E-state index >= 15 is 0 Å². The summed E-state index contributed by atoms with van der Waals surface area (Å²) in [6.07, 6.45) is 5.84. The van der Waals surface area contributed by atoms with Crippen LogP contribution in [0.2, 0.25) is 0 Å². The first kappa shape index (κ1) is 23.3. The smallest absolute Gasteiger partial charge is 0.316 e. The number of likely N-dealkylation sites (tertiary alicyclic amines) is 1. The molecule has 1 heterocycles. The van der Waals surface area contributed by atoms with Gasteiger partial charge < -0.3 is 9.47 Å². The number of benzene rings is 1. The Balaban J connectivity index is 1.66. The molecule has 2 bridgehead atoms. The van der Waals surface area contributed by atoms with Gasteiger partial charge in [-0.3, -0.25) is 14.1 Å². The minimum absolute atomic E-state index is 0.0730. The van der Waals surface area contributed by atoms with Crippen LogP contribution >= 0.6 is 0 Å². The summed E-state index contributed by atoms with van der Waals surface area (Å²) in [7, 11) is 2.27. The zero-order valence-electron chi connectivity index (χ0n) is 20.9. The molecule has 1 saturated heterocycles. The summed E-state index contributed by atoms with van der Waals surface area (Å²) in [6, 6.07) is 6.71. The Bertz CT molecular complexity index is 925. The minimum Gasteiger partial charge on any atom is -0.426 e. The molecular formula is C27H40NO4+. The largest absolute Gasteiger partial charge is 0.426 e. The van der Waals surface area contributed by atoms with E-state index in [0.717, 1.165) is 23.9 Å². The topological polar surface area (TPSA) is 52.6 Å². The predicted molar refractivity (Wildman–Crippen MR) is 124 cm³/mol. The number of ether oxygens (including phenoxy) is 2. The molecule has 1 aliphatic heterocycles. The molecule has 4 unspecified atom stereocenters. The van der Waals surface area contributed by atoms with E-state index in [0.29, 0.717) is 24.4 Å².